The van der Waals surface area contributed by atoms with E-state index in [2.05, 4.69) is 21.0 Å². The van der Waals surface area contributed by atoms with Crippen molar-refractivity contribution in [2.45, 2.75) is 89.8 Å². The van der Waals surface area contributed by atoms with Crippen LogP contribution in [0.3, 0.4) is 0 Å². The van der Waals surface area contributed by atoms with Crippen molar-refractivity contribution in [3.63, 3.8) is 0 Å². The molecule has 0 radical (unpaired) electrons. The molecular formula is C26H40N6O4. The molecular weight excluding hydrogens is 460 g/mol. The average molecular weight is 501 g/mol. The first-order valence-corrected chi connectivity index (χ1v) is 12.9. The molecule has 4 fully saturated rings. The predicted octanol–water partition coefficient (Wildman–Crippen LogP) is 2.71. The summed E-state index contributed by atoms with van der Waals surface area (Å²) in [6.07, 6.45) is 9.75. The maximum Gasteiger partial charge on any atom is 0.405 e. The zero-order chi connectivity index (χ0) is 26.3. The molecule has 4 aliphatic carbocycles. The van der Waals surface area contributed by atoms with Gasteiger partial charge in [-0.1, -0.05) is 13.8 Å². The molecule has 10 heteroatoms. The summed E-state index contributed by atoms with van der Waals surface area (Å²) in [6.45, 7) is 9.52. The molecule has 3 amide bonds. The van der Waals surface area contributed by atoms with E-state index in [1.54, 1.807) is 10.9 Å². The van der Waals surface area contributed by atoms with E-state index in [9.17, 15) is 14.4 Å². The summed E-state index contributed by atoms with van der Waals surface area (Å²) < 4.78 is 6.68. The maximum atomic E-state index is 13.5. The molecule has 0 aliphatic heterocycles. The van der Waals surface area contributed by atoms with E-state index < -0.39 is 11.6 Å². The van der Waals surface area contributed by atoms with Gasteiger partial charge in [0.05, 0.1) is 23.0 Å². The van der Waals surface area contributed by atoms with Crippen molar-refractivity contribution in [2.75, 3.05) is 6.73 Å². The molecule has 198 valence electrons. The number of ether oxygens (including phenoxy) is 1. The van der Waals surface area contributed by atoms with Gasteiger partial charge in [0.2, 0.25) is 5.91 Å². The fourth-order valence-electron chi connectivity index (χ4n) is 6.96. The van der Waals surface area contributed by atoms with Gasteiger partial charge in [-0.2, -0.15) is 5.10 Å². The van der Waals surface area contributed by atoms with E-state index >= 15 is 0 Å². The van der Waals surface area contributed by atoms with Crippen molar-refractivity contribution in [1.29, 1.82) is 0 Å². The summed E-state index contributed by atoms with van der Waals surface area (Å²) in [4.78, 5) is 36.0. The van der Waals surface area contributed by atoms with Gasteiger partial charge >= 0.3 is 6.09 Å². The largest absolute Gasteiger partial charge is 0.434 e. The number of aromatic nitrogens is 2. The lowest BCUT2D eigenvalue weighted by Gasteiger charge is -2.60. The number of rotatable bonds is 9. The summed E-state index contributed by atoms with van der Waals surface area (Å²) in [5, 5.41) is 14.2. The lowest BCUT2D eigenvalue weighted by molar-refractivity contribution is -0.120. The first-order chi connectivity index (χ1) is 16.9. The Morgan fingerprint density at radius 3 is 2.50 bits per heavy atom. The molecule has 4 saturated carbocycles. The number of amides is 3. The third-order valence-electron chi connectivity index (χ3n) is 7.99. The van der Waals surface area contributed by atoms with Crippen LogP contribution in [0, 0.1) is 17.8 Å². The van der Waals surface area contributed by atoms with Gasteiger partial charge in [0, 0.05) is 24.7 Å². The summed E-state index contributed by atoms with van der Waals surface area (Å²) >= 11 is 0. The number of hydrogen-bond donors (Lipinski definition) is 4. The van der Waals surface area contributed by atoms with Crippen LogP contribution in [0.25, 0.3) is 6.20 Å². The second-order valence-corrected chi connectivity index (χ2v) is 11.8. The van der Waals surface area contributed by atoms with Gasteiger partial charge in [-0.3, -0.25) is 14.9 Å². The van der Waals surface area contributed by atoms with E-state index in [-0.39, 0.29) is 36.0 Å². The lowest BCUT2D eigenvalue weighted by Crippen LogP contribution is -2.66. The van der Waals surface area contributed by atoms with E-state index in [0.29, 0.717) is 23.3 Å². The number of carbonyl (C=O) groups is 3. The van der Waals surface area contributed by atoms with Crippen LogP contribution in [0.1, 0.15) is 88.7 Å². The first kappa shape index (κ1) is 26.2. The Morgan fingerprint density at radius 2 is 1.92 bits per heavy atom. The number of hydrogen-bond acceptors (Lipinski definition) is 6. The molecule has 2 unspecified atom stereocenters. The van der Waals surface area contributed by atoms with E-state index in [1.165, 1.54) is 6.92 Å². The van der Waals surface area contributed by atoms with Gasteiger partial charge in [-0.15, -0.1) is 0 Å². The number of nitrogens with zero attached hydrogens (tertiary/aromatic N) is 2. The quantitative estimate of drug-likeness (QED) is 0.384. The fourth-order valence-corrected chi connectivity index (χ4v) is 6.96. The van der Waals surface area contributed by atoms with Crippen LogP contribution in [0.2, 0.25) is 0 Å². The van der Waals surface area contributed by atoms with Crippen molar-refractivity contribution in [3.8, 4) is 0 Å². The minimum absolute atomic E-state index is 0.0489. The monoisotopic (exact) mass is 500 g/mol. The SMILES string of the molecule is CC(=O)NC(C)(C)/C=C/n1ncc(C(=O)NC2C3CC4CC2CC(NCOC(N)=O)(C4)C3)c1C(C)C. The highest BCUT2D eigenvalue weighted by Gasteiger charge is 2.55. The topological polar surface area (TPSA) is 140 Å². The molecule has 5 N–H and O–H groups in total. The maximum absolute atomic E-state index is 13.5. The Hall–Kier alpha value is -2.88. The molecule has 4 bridgehead atoms. The fraction of sp³-hybridized carbons (Fsp3) is 0.692. The van der Waals surface area contributed by atoms with Gasteiger partial charge in [0.25, 0.3) is 5.91 Å². The van der Waals surface area contributed by atoms with E-state index in [4.69, 9.17) is 10.5 Å². The van der Waals surface area contributed by atoms with Crippen molar-refractivity contribution < 1.29 is 19.1 Å². The van der Waals surface area contributed by atoms with E-state index in [0.717, 1.165) is 37.8 Å². The summed E-state index contributed by atoms with van der Waals surface area (Å²) in [7, 11) is 0. The van der Waals surface area contributed by atoms with Gasteiger partial charge in [-0.25, -0.2) is 9.48 Å². The first-order valence-electron chi connectivity index (χ1n) is 12.9. The Kier molecular flexibility index (Phi) is 7.19. The van der Waals surface area contributed by atoms with Gasteiger partial charge in [-0.05, 0) is 75.7 Å². The van der Waals surface area contributed by atoms with Crippen molar-refractivity contribution in [1.82, 2.24) is 25.7 Å². The Morgan fingerprint density at radius 1 is 1.25 bits per heavy atom. The smallest absolute Gasteiger partial charge is 0.405 e. The lowest BCUT2D eigenvalue weighted by atomic mass is 9.51. The molecule has 5 rings (SSSR count). The van der Waals surface area contributed by atoms with Crippen LogP contribution >= 0.6 is 0 Å². The van der Waals surface area contributed by atoms with Crippen molar-refractivity contribution >= 4 is 24.1 Å². The summed E-state index contributed by atoms with van der Waals surface area (Å²) in [5.74, 6) is 1.29. The number of carbonyl (C=O) groups excluding carboxylic acids is 3. The van der Waals surface area contributed by atoms with Gasteiger partial charge in [0.1, 0.15) is 6.73 Å². The molecule has 2 atom stereocenters. The molecule has 1 aromatic rings. The van der Waals surface area contributed by atoms with Crippen molar-refractivity contribution in [2.24, 2.45) is 23.5 Å². The third-order valence-corrected chi connectivity index (χ3v) is 7.99. The zero-order valence-corrected chi connectivity index (χ0v) is 22.0. The van der Waals surface area contributed by atoms with Crippen LogP contribution in [0.5, 0.6) is 0 Å². The van der Waals surface area contributed by atoms with Crippen LogP contribution in [0.4, 0.5) is 4.79 Å². The molecule has 0 saturated heterocycles. The second kappa shape index (κ2) is 9.88. The molecule has 1 aromatic heterocycles. The highest BCUT2D eigenvalue weighted by Crippen LogP contribution is 2.55. The Balaban J connectivity index is 1.47. The molecule has 4 aliphatic rings. The average Bonchev–Trinajstić information content (AvgIpc) is 3.17. The van der Waals surface area contributed by atoms with Crippen LogP contribution in [0.15, 0.2) is 12.3 Å². The summed E-state index contributed by atoms with van der Waals surface area (Å²) in [5.41, 5.74) is 5.96. The number of primary amides is 1. The molecule has 36 heavy (non-hydrogen) atoms. The molecule has 0 spiro atoms. The number of nitrogens with one attached hydrogen (secondary N) is 3. The standard InChI is InChI=1S/C26H40N6O4/c1-15(2)22-20(13-29-32(22)7-6-25(4,5)31-16(3)33)23(34)30-21-18-8-17-9-19(21)12-26(10-17,11-18)28-14-36-24(27)35/h6-7,13,15,17-19,21,28H,8-12,14H2,1-5H3,(H2,27,35)(H,30,34)(H,31,33)/b7-6+. The highest BCUT2D eigenvalue weighted by molar-refractivity contribution is 5.95. The van der Waals surface area contributed by atoms with Crippen LogP contribution < -0.4 is 21.7 Å². The molecule has 10 nitrogen and oxygen atoms in total. The van der Waals surface area contributed by atoms with E-state index in [1.807, 2.05) is 40.0 Å². The van der Waals surface area contributed by atoms with Crippen LogP contribution in [-0.2, 0) is 9.53 Å². The third kappa shape index (κ3) is 5.58. The minimum Gasteiger partial charge on any atom is -0.434 e. The highest BCUT2D eigenvalue weighted by atomic mass is 16.6. The molecule has 1 heterocycles. The normalized spacial score (nSPS) is 29.1. The minimum atomic E-state index is -0.771. The summed E-state index contributed by atoms with van der Waals surface area (Å²) in [6, 6.07) is 0.124. The Bertz CT molecular complexity index is 1030. The Labute approximate surface area is 212 Å². The van der Waals surface area contributed by atoms with Crippen LogP contribution in [-0.4, -0.2) is 51.5 Å². The van der Waals surface area contributed by atoms with Crippen molar-refractivity contribution in [3.05, 3.63) is 23.5 Å². The predicted molar refractivity (Wildman–Crippen MR) is 136 cm³/mol. The molecule has 0 aromatic carbocycles. The zero-order valence-electron chi connectivity index (χ0n) is 22.0. The van der Waals surface area contributed by atoms with Gasteiger partial charge in [0.15, 0.2) is 0 Å². The number of nitrogens with two attached hydrogens (primary N) is 1. The van der Waals surface area contributed by atoms with Gasteiger partial charge < -0.3 is 21.1 Å². The second-order valence-electron chi connectivity index (χ2n) is 11.8.